The molecule has 0 bridgehead atoms. The Bertz CT molecular complexity index is 677. The molecule has 2 rings (SSSR count). The second-order valence-corrected chi connectivity index (χ2v) is 6.19. The number of rotatable bonds is 5. The van der Waals surface area contributed by atoms with Crippen molar-refractivity contribution in [3.63, 3.8) is 0 Å². The van der Waals surface area contributed by atoms with Gasteiger partial charge in [0.1, 0.15) is 0 Å². The van der Waals surface area contributed by atoms with E-state index in [9.17, 15) is 4.79 Å². The first-order chi connectivity index (χ1) is 10.4. The number of benzene rings is 1. The van der Waals surface area contributed by atoms with Gasteiger partial charge in [0.2, 0.25) is 0 Å². The zero-order valence-corrected chi connectivity index (χ0v) is 14.2. The van der Waals surface area contributed by atoms with Crippen LogP contribution in [0.1, 0.15) is 42.5 Å². The molecule has 0 saturated carbocycles. The highest BCUT2D eigenvalue weighted by Crippen LogP contribution is 2.21. The van der Waals surface area contributed by atoms with Gasteiger partial charge < -0.3 is 5.32 Å². The highest BCUT2D eigenvalue weighted by molar-refractivity contribution is 6.30. The van der Waals surface area contributed by atoms with Gasteiger partial charge in [0.05, 0.1) is 22.6 Å². The van der Waals surface area contributed by atoms with E-state index in [2.05, 4.69) is 24.3 Å². The molecule has 0 fully saturated rings. The van der Waals surface area contributed by atoms with Crippen LogP contribution < -0.4 is 5.32 Å². The smallest absolute Gasteiger partial charge is 0.255 e. The average Bonchev–Trinajstić information content (AvgIpc) is 2.81. The minimum Gasteiger partial charge on any atom is -0.352 e. The summed E-state index contributed by atoms with van der Waals surface area (Å²) in [7, 11) is 0. The summed E-state index contributed by atoms with van der Waals surface area (Å²) >= 11 is 6.06. The summed E-state index contributed by atoms with van der Waals surface area (Å²) in [6, 6.07) is 7.49. The Labute approximate surface area is 136 Å². The van der Waals surface area contributed by atoms with Crippen LogP contribution in [0.25, 0.3) is 5.69 Å². The van der Waals surface area contributed by atoms with Gasteiger partial charge in [-0.15, -0.1) is 0 Å². The van der Waals surface area contributed by atoms with Gasteiger partial charge in [0.25, 0.3) is 5.91 Å². The molecule has 0 radical (unpaired) electrons. The molecule has 0 spiro atoms. The molecule has 4 nitrogen and oxygen atoms in total. The largest absolute Gasteiger partial charge is 0.352 e. The van der Waals surface area contributed by atoms with E-state index in [0.29, 0.717) is 23.0 Å². The first kappa shape index (κ1) is 16.6. The van der Waals surface area contributed by atoms with Crippen LogP contribution in [-0.4, -0.2) is 22.2 Å². The van der Waals surface area contributed by atoms with E-state index in [1.165, 1.54) is 0 Å². The molecule has 0 saturated heterocycles. The van der Waals surface area contributed by atoms with Gasteiger partial charge in [-0.05, 0) is 37.5 Å². The second kappa shape index (κ2) is 6.97. The van der Waals surface area contributed by atoms with Gasteiger partial charge in [0.15, 0.2) is 0 Å². The standard InChI is InChI=1S/C17H22ClN3O/c1-5-15-16(17(22)19-10-11(2)3)12(4)20-21(15)14-8-6-7-13(18)9-14/h6-9,11H,5,10H2,1-4H3,(H,19,22). The number of carbonyl (C=O) groups excluding carboxylic acids is 1. The summed E-state index contributed by atoms with van der Waals surface area (Å²) < 4.78 is 1.81. The van der Waals surface area contributed by atoms with Crippen LogP contribution >= 0.6 is 11.6 Å². The number of amides is 1. The highest BCUT2D eigenvalue weighted by atomic mass is 35.5. The van der Waals surface area contributed by atoms with Gasteiger partial charge >= 0.3 is 0 Å². The van der Waals surface area contributed by atoms with Crippen LogP contribution in [-0.2, 0) is 6.42 Å². The number of nitrogens with zero attached hydrogens (tertiary/aromatic N) is 2. The lowest BCUT2D eigenvalue weighted by Crippen LogP contribution is -2.28. The lowest BCUT2D eigenvalue weighted by Gasteiger charge is -2.10. The number of nitrogens with one attached hydrogen (secondary N) is 1. The minimum atomic E-state index is -0.0590. The van der Waals surface area contributed by atoms with E-state index in [-0.39, 0.29) is 5.91 Å². The van der Waals surface area contributed by atoms with E-state index in [0.717, 1.165) is 23.5 Å². The predicted octanol–water partition coefficient (Wildman–Crippen LogP) is 3.78. The van der Waals surface area contributed by atoms with Crippen molar-refractivity contribution in [3.05, 3.63) is 46.2 Å². The minimum absolute atomic E-state index is 0.0590. The second-order valence-electron chi connectivity index (χ2n) is 5.76. The fourth-order valence-corrected chi connectivity index (χ4v) is 2.59. The summed E-state index contributed by atoms with van der Waals surface area (Å²) in [5.41, 5.74) is 3.18. The van der Waals surface area contributed by atoms with Crippen LogP contribution in [0.3, 0.4) is 0 Å². The van der Waals surface area contributed by atoms with Gasteiger partial charge in [-0.25, -0.2) is 4.68 Å². The summed E-state index contributed by atoms with van der Waals surface area (Å²) in [4.78, 5) is 12.5. The average molecular weight is 320 g/mol. The van der Waals surface area contributed by atoms with Crippen molar-refractivity contribution in [2.45, 2.75) is 34.1 Å². The molecule has 0 aliphatic carbocycles. The molecule has 1 heterocycles. The molecule has 5 heteroatoms. The topological polar surface area (TPSA) is 46.9 Å². The predicted molar refractivity (Wildman–Crippen MR) is 89.9 cm³/mol. The maximum absolute atomic E-state index is 12.5. The fourth-order valence-electron chi connectivity index (χ4n) is 2.40. The van der Waals surface area contributed by atoms with Gasteiger partial charge in [-0.1, -0.05) is 38.4 Å². The normalized spacial score (nSPS) is 11.0. The van der Waals surface area contributed by atoms with Crippen molar-refractivity contribution in [3.8, 4) is 5.69 Å². The fraction of sp³-hybridized carbons (Fsp3) is 0.412. The Kier molecular flexibility index (Phi) is 5.24. The SMILES string of the molecule is CCc1c(C(=O)NCC(C)C)c(C)nn1-c1cccc(Cl)c1. The molecule has 0 aliphatic heterocycles. The van der Waals surface area contributed by atoms with Crippen molar-refractivity contribution in [1.29, 1.82) is 0 Å². The van der Waals surface area contributed by atoms with Crippen LogP contribution in [0.2, 0.25) is 5.02 Å². The molecule has 1 aromatic carbocycles. The quantitative estimate of drug-likeness (QED) is 0.911. The van der Waals surface area contributed by atoms with E-state index < -0.39 is 0 Å². The Hall–Kier alpha value is -1.81. The van der Waals surface area contributed by atoms with Crippen LogP contribution in [0.15, 0.2) is 24.3 Å². The molecule has 2 aromatic rings. The Morgan fingerprint density at radius 3 is 2.73 bits per heavy atom. The van der Waals surface area contributed by atoms with E-state index in [4.69, 9.17) is 11.6 Å². The summed E-state index contributed by atoms with van der Waals surface area (Å²) in [5.74, 6) is 0.355. The van der Waals surface area contributed by atoms with E-state index in [1.807, 2.05) is 42.8 Å². The lowest BCUT2D eigenvalue weighted by atomic mass is 10.1. The van der Waals surface area contributed by atoms with Crippen molar-refractivity contribution in [1.82, 2.24) is 15.1 Å². The van der Waals surface area contributed by atoms with Crippen molar-refractivity contribution < 1.29 is 4.79 Å². The van der Waals surface area contributed by atoms with Crippen LogP contribution in [0, 0.1) is 12.8 Å². The molecule has 22 heavy (non-hydrogen) atoms. The molecule has 118 valence electrons. The number of hydrogen-bond donors (Lipinski definition) is 1. The molecular formula is C17H22ClN3O. The maximum Gasteiger partial charge on any atom is 0.255 e. The maximum atomic E-state index is 12.5. The molecule has 1 amide bonds. The van der Waals surface area contributed by atoms with Crippen LogP contribution in [0.4, 0.5) is 0 Å². The third-order valence-electron chi connectivity index (χ3n) is 3.44. The Morgan fingerprint density at radius 2 is 2.14 bits per heavy atom. The van der Waals surface area contributed by atoms with Gasteiger partial charge in [0, 0.05) is 11.6 Å². The molecule has 0 aliphatic rings. The van der Waals surface area contributed by atoms with E-state index >= 15 is 0 Å². The monoisotopic (exact) mass is 319 g/mol. The summed E-state index contributed by atoms with van der Waals surface area (Å²) in [6.45, 7) is 8.69. The van der Waals surface area contributed by atoms with Gasteiger partial charge in [-0.2, -0.15) is 5.10 Å². The van der Waals surface area contributed by atoms with Gasteiger partial charge in [-0.3, -0.25) is 4.79 Å². The Balaban J connectivity index is 2.42. The first-order valence-corrected chi connectivity index (χ1v) is 7.94. The first-order valence-electron chi connectivity index (χ1n) is 7.56. The Morgan fingerprint density at radius 1 is 1.41 bits per heavy atom. The number of carbonyl (C=O) groups is 1. The van der Waals surface area contributed by atoms with E-state index in [1.54, 1.807) is 0 Å². The molecule has 1 N–H and O–H groups in total. The van der Waals surface area contributed by atoms with Crippen molar-refractivity contribution in [2.75, 3.05) is 6.54 Å². The van der Waals surface area contributed by atoms with Crippen molar-refractivity contribution >= 4 is 17.5 Å². The van der Waals surface area contributed by atoms with Crippen molar-refractivity contribution in [2.24, 2.45) is 5.92 Å². The van der Waals surface area contributed by atoms with Crippen LogP contribution in [0.5, 0.6) is 0 Å². The number of aromatic nitrogens is 2. The molecular weight excluding hydrogens is 298 g/mol. The molecule has 0 unspecified atom stereocenters. The number of aryl methyl sites for hydroxylation is 1. The third-order valence-corrected chi connectivity index (χ3v) is 3.68. The summed E-state index contributed by atoms with van der Waals surface area (Å²) in [6.07, 6.45) is 0.720. The third kappa shape index (κ3) is 3.50. The summed E-state index contributed by atoms with van der Waals surface area (Å²) in [5, 5.41) is 8.16. The molecule has 0 atom stereocenters. The highest BCUT2D eigenvalue weighted by Gasteiger charge is 2.21. The number of halogens is 1. The zero-order chi connectivity index (χ0) is 16.3. The number of hydrogen-bond acceptors (Lipinski definition) is 2. The zero-order valence-electron chi connectivity index (χ0n) is 13.5. The molecule has 1 aromatic heterocycles. The lowest BCUT2D eigenvalue weighted by molar-refractivity contribution is 0.0947.